The van der Waals surface area contributed by atoms with Crippen molar-refractivity contribution in [2.24, 2.45) is 10.9 Å². The van der Waals surface area contributed by atoms with Crippen LogP contribution in [0.5, 0.6) is 0 Å². The van der Waals surface area contributed by atoms with Crippen molar-refractivity contribution in [2.75, 3.05) is 33.2 Å². The number of hydrogen-bond donors (Lipinski definition) is 2. The fraction of sp³-hybridized carbons (Fsp3) is 0.450. The third-order valence-electron chi connectivity index (χ3n) is 4.72. The van der Waals surface area contributed by atoms with Crippen LogP contribution in [0.15, 0.2) is 52.8 Å². The summed E-state index contributed by atoms with van der Waals surface area (Å²) in [4.78, 5) is 8.24. The Morgan fingerprint density at radius 2 is 2.08 bits per heavy atom. The van der Waals surface area contributed by atoms with Gasteiger partial charge in [-0.15, -0.1) is 11.3 Å². The predicted octanol–water partition coefficient (Wildman–Crippen LogP) is 2.98. The molecule has 2 heterocycles. The van der Waals surface area contributed by atoms with Gasteiger partial charge in [0.1, 0.15) is 0 Å². The average Bonchev–Trinajstić information content (AvgIpc) is 3.33. The van der Waals surface area contributed by atoms with Crippen molar-refractivity contribution in [1.82, 2.24) is 15.5 Å². The molecule has 2 N–H and O–H groups in total. The average molecular weight is 357 g/mol. The summed E-state index contributed by atoms with van der Waals surface area (Å²) in [5.74, 6) is 1.60. The molecule has 0 saturated carbocycles. The van der Waals surface area contributed by atoms with E-state index in [1.807, 2.05) is 7.05 Å². The Morgan fingerprint density at radius 3 is 2.84 bits per heavy atom. The van der Waals surface area contributed by atoms with E-state index in [4.69, 9.17) is 0 Å². The summed E-state index contributed by atoms with van der Waals surface area (Å²) < 4.78 is 0. The van der Waals surface area contributed by atoms with E-state index in [0.29, 0.717) is 5.92 Å². The SMILES string of the molecule is CN=C(NCc1cccs1)NCC1CCN(CCc2ccccc2)C1. The molecule has 1 aromatic carbocycles. The van der Waals surface area contributed by atoms with Crippen molar-refractivity contribution in [2.45, 2.75) is 19.4 Å². The highest BCUT2D eigenvalue weighted by Gasteiger charge is 2.22. The van der Waals surface area contributed by atoms with Crippen LogP contribution >= 0.6 is 11.3 Å². The first-order chi connectivity index (χ1) is 12.3. The summed E-state index contributed by atoms with van der Waals surface area (Å²) >= 11 is 1.77. The van der Waals surface area contributed by atoms with Gasteiger partial charge in [-0.3, -0.25) is 4.99 Å². The van der Waals surface area contributed by atoms with E-state index < -0.39 is 0 Å². The molecule has 1 unspecified atom stereocenters. The summed E-state index contributed by atoms with van der Waals surface area (Å²) in [6.45, 7) is 5.38. The van der Waals surface area contributed by atoms with Crippen molar-refractivity contribution in [3.05, 3.63) is 58.3 Å². The van der Waals surface area contributed by atoms with Crippen molar-refractivity contribution in [3.63, 3.8) is 0 Å². The van der Waals surface area contributed by atoms with Gasteiger partial charge in [0.15, 0.2) is 5.96 Å². The summed E-state index contributed by atoms with van der Waals surface area (Å²) in [6, 6.07) is 15.0. The van der Waals surface area contributed by atoms with Gasteiger partial charge in [-0.25, -0.2) is 0 Å². The highest BCUT2D eigenvalue weighted by Crippen LogP contribution is 2.16. The highest BCUT2D eigenvalue weighted by molar-refractivity contribution is 7.09. The zero-order chi connectivity index (χ0) is 17.3. The molecule has 1 saturated heterocycles. The lowest BCUT2D eigenvalue weighted by Crippen LogP contribution is -2.39. The number of benzene rings is 1. The summed E-state index contributed by atoms with van der Waals surface area (Å²) in [6.07, 6.45) is 2.41. The van der Waals surface area contributed by atoms with E-state index >= 15 is 0 Å². The van der Waals surface area contributed by atoms with Crippen molar-refractivity contribution in [3.8, 4) is 0 Å². The number of nitrogens with zero attached hydrogens (tertiary/aromatic N) is 2. The van der Waals surface area contributed by atoms with Gasteiger partial charge in [0.25, 0.3) is 0 Å². The normalized spacial score (nSPS) is 18.4. The van der Waals surface area contributed by atoms with Crippen LogP contribution in [0.25, 0.3) is 0 Å². The molecule has 134 valence electrons. The number of likely N-dealkylation sites (tertiary alicyclic amines) is 1. The van der Waals surface area contributed by atoms with Crippen LogP contribution in [0.4, 0.5) is 0 Å². The molecule has 1 aromatic heterocycles. The quantitative estimate of drug-likeness (QED) is 0.592. The lowest BCUT2D eigenvalue weighted by atomic mass is 10.1. The number of guanidine groups is 1. The van der Waals surface area contributed by atoms with Crippen LogP contribution in [-0.2, 0) is 13.0 Å². The number of thiophene rings is 1. The van der Waals surface area contributed by atoms with Crippen molar-refractivity contribution >= 4 is 17.3 Å². The molecule has 2 aromatic rings. The molecular weight excluding hydrogens is 328 g/mol. The third kappa shape index (κ3) is 5.87. The second-order valence-electron chi connectivity index (χ2n) is 6.58. The molecule has 1 atom stereocenters. The first-order valence-electron chi connectivity index (χ1n) is 9.06. The van der Waals surface area contributed by atoms with Gasteiger partial charge >= 0.3 is 0 Å². The zero-order valence-corrected chi connectivity index (χ0v) is 15.8. The molecule has 0 bridgehead atoms. The van der Waals surface area contributed by atoms with Gasteiger partial charge in [0.05, 0.1) is 6.54 Å². The molecule has 1 aliphatic rings. The maximum absolute atomic E-state index is 4.33. The van der Waals surface area contributed by atoms with E-state index in [2.05, 4.69) is 68.4 Å². The molecule has 3 rings (SSSR count). The second-order valence-corrected chi connectivity index (χ2v) is 7.61. The van der Waals surface area contributed by atoms with E-state index in [1.54, 1.807) is 11.3 Å². The molecule has 5 heteroatoms. The maximum Gasteiger partial charge on any atom is 0.191 e. The smallest absolute Gasteiger partial charge is 0.191 e. The van der Waals surface area contributed by atoms with E-state index in [-0.39, 0.29) is 0 Å². The summed E-state index contributed by atoms with van der Waals surface area (Å²) in [5.41, 5.74) is 1.43. The lowest BCUT2D eigenvalue weighted by Gasteiger charge is -2.17. The second kappa shape index (κ2) is 9.59. The third-order valence-corrected chi connectivity index (χ3v) is 5.60. The predicted molar refractivity (Wildman–Crippen MR) is 107 cm³/mol. The molecule has 25 heavy (non-hydrogen) atoms. The molecule has 0 amide bonds. The van der Waals surface area contributed by atoms with Crippen LogP contribution in [0.2, 0.25) is 0 Å². The molecule has 1 aliphatic heterocycles. The summed E-state index contributed by atoms with van der Waals surface area (Å²) in [5, 5.41) is 8.98. The van der Waals surface area contributed by atoms with E-state index in [0.717, 1.165) is 32.0 Å². The molecule has 0 spiro atoms. The van der Waals surface area contributed by atoms with Crippen LogP contribution in [0.1, 0.15) is 16.9 Å². The monoisotopic (exact) mass is 356 g/mol. The maximum atomic E-state index is 4.33. The minimum atomic E-state index is 0.705. The van der Waals surface area contributed by atoms with Gasteiger partial charge < -0.3 is 15.5 Å². The standard InChI is InChI=1S/C20H28N4S/c1-21-20(23-15-19-8-5-13-25-19)22-14-18-10-12-24(16-18)11-9-17-6-3-2-4-7-17/h2-8,13,18H,9-12,14-16H2,1H3,(H2,21,22,23). The van der Waals surface area contributed by atoms with Gasteiger partial charge in [0, 0.05) is 31.6 Å². The minimum Gasteiger partial charge on any atom is -0.356 e. The molecule has 4 nitrogen and oxygen atoms in total. The number of aliphatic imine (C=N–C) groups is 1. The number of hydrogen-bond acceptors (Lipinski definition) is 3. The first kappa shape index (κ1) is 18.0. The number of rotatable bonds is 7. The van der Waals surface area contributed by atoms with Gasteiger partial charge in [0.2, 0.25) is 0 Å². The van der Waals surface area contributed by atoms with Crippen LogP contribution in [0, 0.1) is 5.92 Å². The minimum absolute atomic E-state index is 0.705. The Morgan fingerprint density at radius 1 is 1.20 bits per heavy atom. The van der Waals surface area contributed by atoms with Gasteiger partial charge in [-0.05, 0) is 42.3 Å². The number of nitrogens with one attached hydrogen (secondary N) is 2. The molecule has 1 fully saturated rings. The van der Waals surface area contributed by atoms with Gasteiger partial charge in [-0.2, -0.15) is 0 Å². The topological polar surface area (TPSA) is 39.7 Å². The fourth-order valence-electron chi connectivity index (χ4n) is 3.26. The Bertz CT molecular complexity index is 639. The molecular formula is C20H28N4S. The van der Waals surface area contributed by atoms with E-state index in [1.165, 1.54) is 30.0 Å². The lowest BCUT2D eigenvalue weighted by molar-refractivity contribution is 0.328. The largest absolute Gasteiger partial charge is 0.356 e. The first-order valence-corrected chi connectivity index (χ1v) is 9.94. The van der Waals surface area contributed by atoms with Crippen LogP contribution in [-0.4, -0.2) is 44.1 Å². The fourth-order valence-corrected chi connectivity index (χ4v) is 3.90. The van der Waals surface area contributed by atoms with Crippen molar-refractivity contribution in [1.29, 1.82) is 0 Å². The Kier molecular flexibility index (Phi) is 6.89. The summed E-state index contributed by atoms with van der Waals surface area (Å²) in [7, 11) is 1.84. The van der Waals surface area contributed by atoms with Crippen LogP contribution < -0.4 is 10.6 Å². The van der Waals surface area contributed by atoms with E-state index in [9.17, 15) is 0 Å². The van der Waals surface area contributed by atoms with Gasteiger partial charge in [-0.1, -0.05) is 36.4 Å². The highest BCUT2D eigenvalue weighted by atomic mass is 32.1. The van der Waals surface area contributed by atoms with Crippen molar-refractivity contribution < 1.29 is 0 Å². The zero-order valence-electron chi connectivity index (χ0n) is 14.9. The van der Waals surface area contributed by atoms with Crippen LogP contribution in [0.3, 0.4) is 0 Å². The Labute approximate surface area is 155 Å². The molecule has 0 radical (unpaired) electrons. The Hall–Kier alpha value is -1.85. The Balaban J connectivity index is 1.34. The molecule has 0 aliphatic carbocycles.